The molecule has 1 atom stereocenters. The molecule has 1 aliphatic heterocycles. The SMILES string of the molecule is Brc1ccc(-c2csc(CC3CCCCO3)n2)cc1. The van der Waals surface area contributed by atoms with Gasteiger partial charge in [-0.1, -0.05) is 28.1 Å². The number of rotatable bonds is 3. The predicted octanol–water partition coefficient (Wildman–Crippen LogP) is 4.68. The zero-order valence-corrected chi connectivity index (χ0v) is 13.0. The smallest absolute Gasteiger partial charge is 0.0958 e. The number of benzene rings is 1. The molecular formula is C15H16BrNOS. The van der Waals surface area contributed by atoms with E-state index in [-0.39, 0.29) is 0 Å². The van der Waals surface area contributed by atoms with E-state index >= 15 is 0 Å². The minimum Gasteiger partial charge on any atom is -0.378 e. The Labute approximate surface area is 126 Å². The van der Waals surface area contributed by atoms with Gasteiger partial charge in [0.25, 0.3) is 0 Å². The maximum absolute atomic E-state index is 5.77. The van der Waals surface area contributed by atoms with Crippen molar-refractivity contribution in [3.63, 3.8) is 0 Å². The quantitative estimate of drug-likeness (QED) is 0.810. The first kappa shape index (κ1) is 13.3. The van der Waals surface area contributed by atoms with Gasteiger partial charge in [-0.05, 0) is 31.4 Å². The van der Waals surface area contributed by atoms with E-state index in [1.165, 1.54) is 29.8 Å². The molecule has 1 aliphatic rings. The van der Waals surface area contributed by atoms with Crippen molar-refractivity contribution in [3.8, 4) is 11.3 Å². The molecule has 0 bridgehead atoms. The Morgan fingerprint density at radius 2 is 2.11 bits per heavy atom. The summed E-state index contributed by atoms with van der Waals surface area (Å²) in [6.07, 6.45) is 5.00. The summed E-state index contributed by atoms with van der Waals surface area (Å²) in [5, 5.41) is 3.33. The number of hydrogen-bond acceptors (Lipinski definition) is 3. The van der Waals surface area contributed by atoms with Crippen molar-refractivity contribution in [2.75, 3.05) is 6.61 Å². The van der Waals surface area contributed by atoms with Crippen LogP contribution < -0.4 is 0 Å². The van der Waals surface area contributed by atoms with E-state index in [1.54, 1.807) is 11.3 Å². The maximum atomic E-state index is 5.77. The van der Waals surface area contributed by atoms with Crippen molar-refractivity contribution in [1.29, 1.82) is 0 Å². The summed E-state index contributed by atoms with van der Waals surface area (Å²) in [5.74, 6) is 0. The second kappa shape index (κ2) is 6.16. The zero-order valence-electron chi connectivity index (χ0n) is 10.6. The Hall–Kier alpha value is -0.710. The standard InChI is InChI=1S/C15H16BrNOS/c16-12-6-4-11(5-7-12)14-10-19-15(17-14)9-13-3-1-2-8-18-13/h4-7,10,13H,1-3,8-9H2. The van der Waals surface area contributed by atoms with E-state index in [2.05, 4.69) is 45.6 Å². The lowest BCUT2D eigenvalue weighted by molar-refractivity contribution is 0.0168. The molecule has 0 radical (unpaired) electrons. The molecule has 2 nitrogen and oxygen atoms in total. The zero-order chi connectivity index (χ0) is 13.1. The highest BCUT2D eigenvalue weighted by molar-refractivity contribution is 9.10. The summed E-state index contributed by atoms with van der Waals surface area (Å²) in [6, 6.07) is 8.30. The summed E-state index contributed by atoms with van der Waals surface area (Å²) < 4.78 is 6.87. The first-order valence-corrected chi connectivity index (χ1v) is 8.30. The van der Waals surface area contributed by atoms with Gasteiger partial charge >= 0.3 is 0 Å². The van der Waals surface area contributed by atoms with Gasteiger partial charge in [0.2, 0.25) is 0 Å². The second-order valence-electron chi connectivity index (χ2n) is 4.83. The summed E-state index contributed by atoms with van der Waals surface area (Å²) in [4.78, 5) is 4.73. The molecule has 3 rings (SSSR count). The van der Waals surface area contributed by atoms with Crippen molar-refractivity contribution in [3.05, 3.63) is 39.1 Å². The van der Waals surface area contributed by atoms with Gasteiger partial charge in [-0.2, -0.15) is 0 Å². The molecule has 1 aromatic carbocycles. The van der Waals surface area contributed by atoms with Crippen LogP contribution in [0.25, 0.3) is 11.3 Å². The molecular weight excluding hydrogens is 322 g/mol. The summed E-state index contributed by atoms with van der Waals surface area (Å²) in [7, 11) is 0. The van der Waals surface area contributed by atoms with E-state index in [0.717, 1.165) is 23.2 Å². The van der Waals surface area contributed by atoms with E-state index < -0.39 is 0 Å². The van der Waals surface area contributed by atoms with Gasteiger partial charge in [0.05, 0.1) is 16.8 Å². The number of aromatic nitrogens is 1. The number of thiazole rings is 1. The topological polar surface area (TPSA) is 22.1 Å². The lowest BCUT2D eigenvalue weighted by Crippen LogP contribution is -2.21. The third-order valence-corrected chi connectivity index (χ3v) is 4.77. The molecule has 0 amide bonds. The van der Waals surface area contributed by atoms with Gasteiger partial charge in [0.15, 0.2) is 0 Å². The van der Waals surface area contributed by atoms with E-state index in [1.807, 2.05) is 0 Å². The lowest BCUT2D eigenvalue weighted by atomic mass is 10.1. The van der Waals surface area contributed by atoms with Crippen molar-refractivity contribution >= 4 is 27.3 Å². The molecule has 19 heavy (non-hydrogen) atoms. The summed E-state index contributed by atoms with van der Waals surface area (Å²) >= 11 is 5.19. The van der Waals surface area contributed by atoms with Crippen molar-refractivity contribution < 1.29 is 4.74 Å². The van der Waals surface area contributed by atoms with Gasteiger partial charge in [-0.3, -0.25) is 0 Å². The molecule has 2 heterocycles. The monoisotopic (exact) mass is 337 g/mol. The van der Waals surface area contributed by atoms with Crippen LogP contribution in [0, 0.1) is 0 Å². The third-order valence-electron chi connectivity index (χ3n) is 3.37. The van der Waals surface area contributed by atoms with Crippen LogP contribution in [0.2, 0.25) is 0 Å². The first-order valence-electron chi connectivity index (χ1n) is 6.63. The summed E-state index contributed by atoms with van der Waals surface area (Å²) in [5.41, 5.74) is 2.25. The number of nitrogens with zero attached hydrogens (tertiary/aromatic N) is 1. The fourth-order valence-corrected chi connectivity index (χ4v) is 3.45. The van der Waals surface area contributed by atoms with Crippen molar-refractivity contribution in [1.82, 2.24) is 4.98 Å². The second-order valence-corrected chi connectivity index (χ2v) is 6.68. The van der Waals surface area contributed by atoms with Crippen molar-refractivity contribution in [2.45, 2.75) is 31.8 Å². The number of ether oxygens (including phenoxy) is 1. The lowest BCUT2D eigenvalue weighted by Gasteiger charge is -2.21. The molecule has 1 unspecified atom stereocenters. The first-order chi connectivity index (χ1) is 9.31. The van der Waals surface area contributed by atoms with Crippen LogP contribution in [0.4, 0.5) is 0 Å². The Kier molecular flexibility index (Phi) is 4.31. The van der Waals surface area contributed by atoms with Crippen LogP contribution in [-0.2, 0) is 11.2 Å². The molecule has 0 aliphatic carbocycles. The highest BCUT2D eigenvalue weighted by atomic mass is 79.9. The van der Waals surface area contributed by atoms with Gasteiger partial charge in [0.1, 0.15) is 0 Å². The van der Waals surface area contributed by atoms with Crippen LogP contribution in [0.5, 0.6) is 0 Å². The molecule has 0 saturated carbocycles. The largest absolute Gasteiger partial charge is 0.378 e. The molecule has 0 N–H and O–H groups in total. The minimum absolute atomic E-state index is 0.373. The van der Waals surface area contributed by atoms with Crippen molar-refractivity contribution in [2.24, 2.45) is 0 Å². The number of hydrogen-bond donors (Lipinski definition) is 0. The minimum atomic E-state index is 0.373. The van der Waals surface area contributed by atoms with E-state index in [0.29, 0.717) is 6.10 Å². The normalized spacial score (nSPS) is 19.5. The van der Waals surface area contributed by atoms with Crippen LogP contribution in [0.3, 0.4) is 0 Å². The molecule has 1 fully saturated rings. The Morgan fingerprint density at radius 1 is 1.26 bits per heavy atom. The average molecular weight is 338 g/mol. The fourth-order valence-electron chi connectivity index (χ4n) is 2.32. The molecule has 4 heteroatoms. The molecule has 100 valence electrons. The van der Waals surface area contributed by atoms with Crippen LogP contribution in [0.15, 0.2) is 34.1 Å². The van der Waals surface area contributed by atoms with Gasteiger partial charge < -0.3 is 4.74 Å². The van der Waals surface area contributed by atoms with E-state index in [4.69, 9.17) is 9.72 Å². The highest BCUT2D eigenvalue weighted by Gasteiger charge is 2.16. The molecule has 1 aromatic heterocycles. The number of halogens is 1. The van der Waals surface area contributed by atoms with Crippen LogP contribution in [-0.4, -0.2) is 17.7 Å². The van der Waals surface area contributed by atoms with E-state index in [9.17, 15) is 0 Å². The highest BCUT2D eigenvalue weighted by Crippen LogP contribution is 2.25. The van der Waals surface area contributed by atoms with Gasteiger partial charge in [0, 0.05) is 28.4 Å². The summed E-state index contributed by atoms with van der Waals surface area (Å²) in [6.45, 7) is 0.912. The molecule has 1 saturated heterocycles. The maximum Gasteiger partial charge on any atom is 0.0958 e. The molecule has 0 spiro atoms. The van der Waals surface area contributed by atoms with Crippen LogP contribution in [0.1, 0.15) is 24.3 Å². The van der Waals surface area contributed by atoms with Gasteiger partial charge in [-0.25, -0.2) is 4.98 Å². The average Bonchev–Trinajstić information content (AvgIpc) is 2.89. The van der Waals surface area contributed by atoms with Crippen LogP contribution >= 0.6 is 27.3 Å². The Morgan fingerprint density at radius 3 is 2.84 bits per heavy atom. The molecule has 2 aromatic rings. The van der Waals surface area contributed by atoms with Gasteiger partial charge in [-0.15, -0.1) is 11.3 Å². The Bertz CT molecular complexity index is 531. The fraction of sp³-hybridized carbons (Fsp3) is 0.400. The Balaban J connectivity index is 1.70. The third kappa shape index (κ3) is 3.44. The predicted molar refractivity (Wildman–Crippen MR) is 82.5 cm³/mol.